The van der Waals surface area contributed by atoms with E-state index in [-0.39, 0.29) is 0 Å². The lowest BCUT2D eigenvalue weighted by Crippen LogP contribution is -2.53. The first-order chi connectivity index (χ1) is 6.57. The molecule has 1 nitrogen and oxygen atoms in total. The van der Waals surface area contributed by atoms with E-state index < -0.39 is 0 Å². The molecule has 3 unspecified atom stereocenters. The molecule has 1 N–H and O–H groups in total. The van der Waals surface area contributed by atoms with Crippen LogP contribution in [0.5, 0.6) is 0 Å². The highest BCUT2D eigenvalue weighted by molar-refractivity contribution is 5.02. The van der Waals surface area contributed by atoms with Gasteiger partial charge < -0.3 is 5.11 Å². The Morgan fingerprint density at radius 2 is 1.79 bits per heavy atom. The number of hydrogen-bond donors (Lipinski definition) is 1. The summed E-state index contributed by atoms with van der Waals surface area (Å²) >= 11 is 0. The number of rotatable bonds is 1. The molecule has 0 amide bonds. The Morgan fingerprint density at radius 3 is 2.07 bits per heavy atom. The second-order valence-corrected chi connectivity index (χ2v) is 5.59. The molecular formula is C13H26O. The van der Waals surface area contributed by atoms with Crippen molar-refractivity contribution in [2.45, 2.75) is 53.4 Å². The van der Waals surface area contributed by atoms with Crippen LogP contribution in [-0.4, -0.2) is 11.7 Å². The summed E-state index contributed by atoms with van der Waals surface area (Å²) in [6, 6.07) is 0. The highest BCUT2D eigenvalue weighted by Crippen LogP contribution is 2.61. The van der Waals surface area contributed by atoms with Gasteiger partial charge in [-0.1, -0.05) is 34.1 Å². The minimum absolute atomic E-state index is 0.417. The average molecular weight is 198 g/mol. The number of hydrogen-bond acceptors (Lipinski definition) is 1. The zero-order valence-electron chi connectivity index (χ0n) is 10.2. The molecule has 0 aromatic heterocycles. The van der Waals surface area contributed by atoms with E-state index in [0.29, 0.717) is 17.9 Å². The number of aliphatic hydroxyl groups excluding tert-OH is 1. The fourth-order valence-electron chi connectivity index (χ4n) is 3.18. The van der Waals surface area contributed by atoms with Crippen molar-refractivity contribution in [2.75, 3.05) is 6.61 Å². The molecule has 0 aromatic rings. The molecule has 0 heterocycles. The van der Waals surface area contributed by atoms with Crippen LogP contribution >= 0.6 is 0 Å². The highest BCUT2D eigenvalue weighted by atomic mass is 16.3. The maximum Gasteiger partial charge on any atom is 0.0462 e. The predicted molar refractivity (Wildman–Crippen MR) is 61.2 cm³/mol. The first-order valence-electron chi connectivity index (χ1n) is 6.18. The van der Waals surface area contributed by atoms with Gasteiger partial charge in [-0.3, -0.25) is 0 Å². The Kier molecular flexibility index (Phi) is 4.00. The van der Waals surface area contributed by atoms with Gasteiger partial charge >= 0.3 is 0 Å². The summed E-state index contributed by atoms with van der Waals surface area (Å²) in [5, 5.41) is 9.12. The van der Waals surface area contributed by atoms with E-state index in [4.69, 9.17) is 5.11 Å². The van der Waals surface area contributed by atoms with Crippen LogP contribution in [0.4, 0.5) is 0 Å². The molecule has 0 spiro atoms. The van der Waals surface area contributed by atoms with Crippen LogP contribution in [0.3, 0.4) is 0 Å². The molecule has 2 bridgehead atoms. The third-order valence-electron chi connectivity index (χ3n) is 4.24. The molecule has 0 aliphatic heterocycles. The lowest BCUT2D eigenvalue weighted by molar-refractivity contribution is -0.116. The van der Waals surface area contributed by atoms with Gasteiger partial charge in [-0.2, -0.15) is 0 Å². The van der Waals surface area contributed by atoms with Crippen LogP contribution in [0.25, 0.3) is 0 Å². The van der Waals surface area contributed by atoms with E-state index >= 15 is 0 Å². The van der Waals surface area contributed by atoms with Gasteiger partial charge in [0.15, 0.2) is 0 Å². The lowest BCUT2D eigenvalue weighted by atomic mass is 9.46. The van der Waals surface area contributed by atoms with Gasteiger partial charge in [0, 0.05) is 6.61 Å². The van der Waals surface area contributed by atoms with Gasteiger partial charge in [-0.15, -0.1) is 0 Å². The SMILES string of the molecule is CC1(C)C2CCC(CO)C1C2.CCC. The van der Waals surface area contributed by atoms with Gasteiger partial charge in [0.2, 0.25) is 0 Å². The van der Waals surface area contributed by atoms with Gasteiger partial charge in [0.25, 0.3) is 0 Å². The third-order valence-corrected chi connectivity index (χ3v) is 4.24. The summed E-state index contributed by atoms with van der Waals surface area (Å²) in [5.74, 6) is 2.41. The van der Waals surface area contributed by atoms with Crippen LogP contribution < -0.4 is 0 Å². The first-order valence-corrected chi connectivity index (χ1v) is 6.18. The fourth-order valence-corrected chi connectivity index (χ4v) is 3.18. The second kappa shape index (κ2) is 4.65. The molecule has 84 valence electrons. The van der Waals surface area contributed by atoms with Gasteiger partial charge in [-0.05, 0) is 42.4 Å². The molecule has 14 heavy (non-hydrogen) atoms. The highest BCUT2D eigenvalue weighted by Gasteiger charge is 2.53. The quantitative estimate of drug-likeness (QED) is 0.684. The minimum atomic E-state index is 0.417. The summed E-state index contributed by atoms with van der Waals surface area (Å²) in [4.78, 5) is 0. The van der Waals surface area contributed by atoms with Gasteiger partial charge in [0.1, 0.15) is 0 Å². The van der Waals surface area contributed by atoms with Crippen LogP contribution in [-0.2, 0) is 0 Å². The largest absolute Gasteiger partial charge is 0.396 e. The summed E-state index contributed by atoms with van der Waals surface area (Å²) in [7, 11) is 0. The molecule has 3 aliphatic rings. The third kappa shape index (κ3) is 1.98. The van der Waals surface area contributed by atoms with E-state index in [2.05, 4.69) is 27.7 Å². The number of aliphatic hydroxyl groups is 1. The van der Waals surface area contributed by atoms with Gasteiger partial charge in [0.05, 0.1) is 0 Å². The Bertz CT molecular complexity index is 172. The number of fused-ring (bicyclic) bond motifs is 2. The van der Waals surface area contributed by atoms with Crippen molar-refractivity contribution < 1.29 is 5.11 Å². The van der Waals surface area contributed by atoms with E-state index in [0.717, 1.165) is 11.8 Å². The van der Waals surface area contributed by atoms with Crippen molar-refractivity contribution in [1.82, 2.24) is 0 Å². The first kappa shape index (κ1) is 12.0. The monoisotopic (exact) mass is 198 g/mol. The van der Waals surface area contributed by atoms with Crippen LogP contribution in [0.15, 0.2) is 0 Å². The van der Waals surface area contributed by atoms with E-state index in [1.165, 1.54) is 25.7 Å². The molecule has 0 saturated heterocycles. The van der Waals surface area contributed by atoms with Crippen LogP contribution in [0.2, 0.25) is 0 Å². The Hall–Kier alpha value is -0.0400. The Balaban J connectivity index is 0.000000293. The van der Waals surface area contributed by atoms with Gasteiger partial charge in [-0.25, -0.2) is 0 Å². The summed E-state index contributed by atoms with van der Waals surface area (Å²) in [6.07, 6.45) is 5.27. The van der Waals surface area contributed by atoms with Crippen molar-refractivity contribution in [3.05, 3.63) is 0 Å². The zero-order chi connectivity index (χ0) is 10.8. The summed E-state index contributed by atoms with van der Waals surface area (Å²) < 4.78 is 0. The van der Waals surface area contributed by atoms with Crippen molar-refractivity contribution >= 4 is 0 Å². The molecule has 0 aromatic carbocycles. The Labute approximate surface area is 88.9 Å². The van der Waals surface area contributed by atoms with Crippen LogP contribution in [0.1, 0.15) is 53.4 Å². The van der Waals surface area contributed by atoms with E-state index in [1.807, 2.05) is 0 Å². The molecule has 3 aliphatic carbocycles. The summed E-state index contributed by atoms with van der Waals surface area (Å²) in [5.41, 5.74) is 0.547. The zero-order valence-corrected chi connectivity index (χ0v) is 10.2. The predicted octanol–water partition coefficient (Wildman–Crippen LogP) is 3.47. The molecule has 3 rings (SSSR count). The molecule has 3 atom stereocenters. The summed E-state index contributed by atoms with van der Waals surface area (Å²) in [6.45, 7) is 9.40. The Morgan fingerprint density at radius 1 is 1.21 bits per heavy atom. The van der Waals surface area contributed by atoms with Crippen LogP contribution in [0, 0.1) is 23.2 Å². The minimum Gasteiger partial charge on any atom is -0.396 e. The second-order valence-electron chi connectivity index (χ2n) is 5.59. The van der Waals surface area contributed by atoms with Crippen molar-refractivity contribution in [1.29, 1.82) is 0 Å². The van der Waals surface area contributed by atoms with Crippen molar-refractivity contribution in [3.63, 3.8) is 0 Å². The molecular weight excluding hydrogens is 172 g/mol. The molecule has 3 saturated carbocycles. The van der Waals surface area contributed by atoms with E-state index in [1.54, 1.807) is 0 Å². The van der Waals surface area contributed by atoms with Crippen molar-refractivity contribution in [2.24, 2.45) is 23.2 Å². The lowest BCUT2D eigenvalue weighted by Gasteiger charge is -2.59. The smallest absolute Gasteiger partial charge is 0.0462 e. The normalized spacial score (nSPS) is 37.9. The topological polar surface area (TPSA) is 20.2 Å². The fraction of sp³-hybridized carbons (Fsp3) is 1.00. The molecule has 3 fully saturated rings. The molecule has 1 heteroatoms. The maximum absolute atomic E-state index is 9.12. The standard InChI is InChI=1S/C10H18O.C3H8/c1-10(2)8-4-3-7(6-11)9(10)5-8;1-3-2/h7-9,11H,3-6H2,1-2H3;3H2,1-2H3. The maximum atomic E-state index is 9.12. The van der Waals surface area contributed by atoms with E-state index in [9.17, 15) is 0 Å². The molecule has 0 radical (unpaired) electrons. The van der Waals surface area contributed by atoms with Crippen molar-refractivity contribution in [3.8, 4) is 0 Å². The average Bonchev–Trinajstić information content (AvgIpc) is 2.18.